The number of nitrogens with zero attached hydrogens (tertiary/aromatic N) is 2. The van der Waals surface area contributed by atoms with Crippen LogP contribution < -0.4 is 14.8 Å². The third-order valence-corrected chi connectivity index (χ3v) is 6.70. The predicted octanol–water partition coefficient (Wildman–Crippen LogP) is 5.89. The summed E-state index contributed by atoms with van der Waals surface area (Å²) >= 11 is 5.73. The van der Waals surface area contributed by atoms with Crippen molar-refractivity contribution >= 4 is 41.0 Å². The fourth-order valence-electron chi connectivity index (χ4n) is 4.27. The average Bonchev–Trinajstić information content (AvgIpc) is 3.01. The normalized spacial score (nSPS) is 11.0. The van der Waals surface area contributed by atoms with Crippen molar-refractivity contribution in [1.82, 2.24) is 9.88 Å². The van der Waals surface area contributed by atoms with E-state index in [-0.39, 0.29) is 45.6 Å². The number of carboxylic acid groups (broad SMARTS) is 1. The van der Waals surface area contributed by atoms with Gasteiger partial charge in [-0.2, -0.15) is 13.2 Å². The van der Waals surface area contributed by atoms with Crippen LogP contribution >= 0.6 is 11.6 Å². The molecule has 0 saturated heterocycles. The molecule has 0 aliphatic rings. The Labute approximate surface area is 265 Å². The molecule has 0 aliphatic carbocycles. The highest BCUT2D eigenvalue weighted by Crippen LogP contribution is 2.34. The van der Waals surface area contributed by atoms with Gasteiger partial charge in [-0.05, 0) is 71.8 Å². The van der Waals surface area contributed by atoms with Crippen LogP contribution in [0.4, 0.5) is 18.9 Å². The minimum absolute atomic E-state index is 0.000559. The van der Waals surface area contributed by atoms with E-state index in [1.54, 1.807) is 12.1 Å². The summed E-state index contributed by atoms with van der Waals surface area (Å²) in [6.45, 7) is -0.719. The third-order valence-electron chi connectivity index (χ3n) is 6.47. The van der Waals surface area contributed by atoms with Crippen molar-refractivity contribution in [2.45, 2.75) is 19.1 Å². The molecule has 1 heterocycles. The predicted molar refractivity (Wildman–Crippen MR) is 160 cm³/mol. The molecule has 238 valence electrons. The van der Waals surface area contributed by atoms with E-state index in [2.05, 4.69) is 10.3 Å². The zero-order chi connectivity index (χ0) is 33.4. The Morgan fingerprint density at radius 3 is 2.15 bits per heavy atom. The molecule has 0 aliphatic heterocycles. The molecule has 1 aromatic heterocycles. The number of alkyl halides is 3. The van der Waals surface area contributed by atoms with Crippen molar-refractivity contribution in [1.29, 1.82) is 0 Å². The second-order valence-corrected chi connectivity index (χ2v) is 10.2. The Morgan fingerprint density at radius 1 is 0.913 bits per heavy atom. The van der Waals surface area contributed by atoms with Crippen molar-refractivity contribution in [3.8, 4) is 11.5 Å². The largest absolute Gasteiger partial charge is 0.497 e. The fourth-order valence-corrected chi connectivity index (χ4v) is 4.38. The van der Waals surface area contributed by atoms with E-state index in [0.717, 1.165) is 11.0 Å². The molecule has 0 saturated carbocycles. The topological polar surface area (TPSA) is 135 Å². The van der Waals surface area contributed by atoms with Crippen LogP contribution in [0, 0.1) is 0 Å². The number of aromatic nitrogens is 1. The van der Waals surface area contributed by atoms with E-state index in [9.17, 15) is 37.5 Å². The molecule has 10 nitrogen and oxygen atoms in total. The number of rotatable bonds is 11. The Kier molecular flexibility index (Phi) is 10.6. The van der Waals surface area contributed by atoms with Gasteiger partial charge in [0.25, 0.3) is 5.91 Å². The summed E-state index contributed by atoms with van der Waals surface area (Å²) in [5.74, 6) is -3.05. The number of carboxylic acids is 1. The minimum atomic E-state index is -4.70. The quantitative estimate of drug-likeness (QED) is 0.116. The monoisotopic (exact) mass is 655 g/mol. The van der Waals surface area contributed by atoms with Crippen molar-refractivity contribution in [3.05, 3.63) is 118 Å². The summed E-state index contributed by atoms with van der Waals surface area (Å²) in [6.07, 6.45) is -3.99. The van der Waals surface area contributed by atoms with Gasteiger partial charge in [-0.3, -0.25) is 14.4 Å². The Hall–Kier alpha value is -5.43. The maximum absolute atomic E-state index is 13.5. The second kappa shape index (κ2) is 14.6. The fraction of sp³-hybridized carbons (Fsp3) is 0.156. The van der Waals surface area contributed by atoms with E-state index in [4.69, 9.17) is 21.1 Å². The number of benzene rings is 3. The maximum Gasteiger partial charge on any atom is 0.416 e. The lowest BCUT2D eigenvalue weighted by atomic mass is 10.0. The second-order valence-electron chi connectivity index (χ2n) is 9.78. The van der Waals surface area contributed by atoms with Crippen LogP contribution in [0.5, 0.6) is 11.5 Å². The van der Waals surface area contributed by atoms with E-state index < -0.39 is 48.5 Å². The molecule has 46 heavy (non-hydrogen) atoms. The highest BCUT2D eigenvalue weighted by molar-refractivity contribution is 6.29. The van der Waals surface area contributed by atoms with Crippen molar-refractivity contribution in [2.24, 2.45) is 0 Å². The molecule has 0 atom stereocenters. The highest BCUT2D eigenvalue weighted by atomic mass is 35.5. The molecule has 3 aromatic carbocycles. The van der Waals surface area contributed by atoms with Crippen molar-refractivity contribution in [3.63, 3.8) is 0 Å². The summed E-state index contributed by atoms with van der Waals surface area (Å²) in [6, 6.07) is 17.8. The molecule has 4 rings (SSSR count). The van der Waals surface area contributed by atoms with E-state index in [1.807, 2.05) is 0 Å². The van der Waals surface area contributed by atoms with Gasteiger partial charge in [0.2, 0.25) is 5.91 Å². The summed E-state index contributed by atoms with van der Waals surface area (Å²) in [5.41, 5.74) is -0.184. The van der Waals surface area contributed by atoms with Gasteiger partial charge >= 0.3 is 18.1 Å². The summed E-state index contributed by atoms with van der Waals surface area (Å²) in [7, 11) is 1.23. The summed E-state index contributed by atoms with van der Waals surface area (Å²) < 4.78 is 50.6. The van der Waals surface area contributed by atoms with Crippen LogP contribution in [-0.4, -0.2) is 52.4 Å². The van der Waals surface area contributed by atoms with Crippen LogP contribution in [0.1, 0.15) is 37.4 Å². The zero-order valence-electron chi connectivity index (χ0n) is 24.0. The number of halogens is 4. The van der Waals surface area contributed by atoms with Gasteiger partial charge in [0, 0.05) is 24.0 Å². The van der Waals surface area contributed by atoms with E-state index in [0.29, 0.717) is 5.56 Å². The van der Waals surface area contributed by atoms with Gasteiger partial charge in [-0.25, -0.2) is 9.78 Å². The SMILES string of the molecule is COc1ccc(CC(=O)Nc2ccc(C(=O)N(CC(=O)O)Cc3ccc(OC(=O)c4ccc(Cl)nc4)cc3)cc2)c(C(F)(F)F)c1. The number of esters is 1. The summed E-state index contributed by atoms with van der Waals surface area (Å²) in [4.78, 5) is 54.5. The Balaban J connectivity index is 1.40. The van der Waals surface area contributed by atoms with Crippen LogP contribution in [0.25, 0.3) is 0 Å². The molecule has 4 aromatic rings. The van der Waals surface area contributed by atoms with Crippen molar-refractivity contribution in [2.75, 3.05) is 19.0 Å². The third kappa shape index (κ3) is 9.05. The number of anilines is 1. The zero-order valence-corrected chi connectivity index (χ0v) is 24.8. The lowest BCUT2D eigenvalue weighted by Gasteiger charge is -2.21. The first-order chi connectivity index (χ1) is 21.8. The minimum Gasteiger partial charge on any atom is -0.497 e. The van der Waals surface area contributed by atoms with E-state index in [1.165, 1.54) is 74.0 Å². The molecule has 14 heteroatoms. The van der Waals surface area contributed by atoms with Gasteiger partial charge in [-0.1, -0.05) is 29.8 Å². The molecule has 0 radical (unpaired) electrons. The molecule has 0 bridgehead atoms. The number of amides is 2. The Bertz CT molecular complexity index is 1730. The number of methoxy groups -OCH3 is 1. The number of pyridine rings is 1. The van der Waals surface area contributed by atoms with Crippen LogP contribution in [-0.2, 0) is 28.7 Å². The first kappa shape index (κ1) is 33.5. The number of nitrogens with one attached hydrogen (secondary N) is 1. The van der Waals surface area contributed by atoms with Crippen LogP contribution in [0.3, 0.4) is 0 Å². The molecule has 2 amide bonds. The lowest BCUT2D eigenvalue weighted by molar-refractivity contribution is -0.139. The number of aliphatic carboxylic acids is 1. The van der Waals surface area contributed by atoms with Crippen molar-refractivity contribution < 1.29 is 46.9 Å². The van der Waals surface area contributed by atoms with Crippen LogP contribution in [0.15, 0.2) is 85.1 Å². The smallest absolute Gasteiger partial charge is 0.416 e. The molecule has 0 spiro atoms. The number of hydrogen-bond donors (Lipinski definition) is 2. The average molecular weight is 656 g/mol. The number of carbonyl (C=O) groups is 4. The van der Waals surface area contributed by atoms with Crippen LogP contribution in [0.2, 0.25) is 5.15 Å². The molecule has 2 N–H and O–H groups in total. The van der Waals surface area contributed by atoms with Gasteiger partial charge in [0.1, 0.15) is 23.2 Å². The summed E-state index contributed by atoms with van der Waals surface area (Å²) in [5, 5.41) is 12.1. The lowest BCUT2D eigenvalue weighted by Crippen LogP contribution is -2.35. The number of hydrogen-bond acceptors (Lipinski definition) is 7. The molecule has 0 unspecified atom stereocenters. The number of carbonyl (C=O) groups excluding carboxylic acids is 3. The van der Waals surface area contributed by atoms with Gasteiger partial charge in [-0.15, -0.1) is 0 Å². The number of ether oxygens (including phenoxy) is 2. The van der Waals surface area contributed by atoms with Gasteiger partial charge in [0.15, 0.2) is 0 Å². The molecular weight excluding hydrogens is 631 g/mol. The highest BCUT2D eigenvalue weighted by Gasteiger charge is 2.34. The standard InChI is InChI=1S/C32H25ClF3N3O7/c1-45-25-12-6-21(26(15-25)32(34,35)36)14-28(40)38-23-8-4-20(5-9-23)30(43)39(18-29(41)42)17-19-2-10-24(11-3-19)46-31(44)22-7-13-27(33)37-16-22/h2-13,15-16H,14,17-18H2,1H3,(H,38,40)(H,41,42). The van der Waals surface area contributed by atoms with E-state index >= 15 is 0 Å². The Morgan fingerprint density at radius 2 is 1.57 bits per heavy atom. The molecular formula is C32H25ClF3N3O7. The molecule has 0 fully saturated rings. The first-order valence-electron chi connectivity index (χ1n) is 13.4. The van der Waals surface area contributed by atoms with Gasteiger partial charge < -0.3 is 24.8 Å². The first-order valence-corrected chi connectivity index (χ1v) is 13.8. The maximum atomic E-state index is 13.5. The van der Waals surface area contributed by atoms with Gasteiger partial charge in [0.05, 0.1) is 24.7 Å².